The summed E-state index contributed by atoms with van der Waals surface area (Å²) in [6.07, 6.45) is 5.90. The van der Waals surface area contributed by atoms with Crippen LogP contribution in [-0.4, -0.2) is 19.3 Å². The molecule has 0 saturated heterocycles. The monoisotopic (exact) mass is 182 g/mol. The molecule has 0 radical (unpaired) electrons. The first-order chi connectivity index (χ1) is 6.27. The Labute approximate surface area is 79.9 Å². The van der Waals surface area contributed by atoms with E-state index in [9.17, 15) is 0 Å². The van der Waals surface area contributed by atoms with E-state index in [0.717, 1.165) is 19.3 Å². The summed E-state index contributed by atoms with van der Waals surface area (Å²) in [7, 11) is 1.75. The molecule has 1 saturated carbocycles. The average molecular weight is 182 g/mol. The predicted molar refractivity (Wildman–Crippen MR) is 51.0 cm³/mol. The van der Waals surface area contributed by atoms with Gasteiger partial charge in [-0.3, -0.25) is 0 Å². The van der Waals surface area contributed by atoms with Crippen molar-refractivity contribution in [2.24, 2.45) is 11.7 Å². The quantitative estimate of drug-likeness (QED) is 0.718. The number of nitriles is 1. The van der Waals surface area contributed by atoms with Gasteiger partial charge in [-0.25, -0.2) is 0 Å². The molecule has 0 bridgehead atoms. The summed E-state index contributed by atoms with van der Waals surface area (Å²) in [5.41, 5.74) is 5.60. The van der Waals surface area contributed by atoms with Crippen LogP contribution in [0.15, 0.2) is 0 Å². The molecular formula is C10H18N2O. The standard InChI is InChI=1S/C10H18N2O/c1-13-10-5-3-2-4-8(10)6-9(12)7-11/h8-10H,2-6,12H2,1H3. The third kappa shape index (κ3) is 2.98. The van der Waals surface area contributed by atoms with Crippen LogP contribution >= 0.6 is 0 Å². The summed E-state index contributed by atoms with van der Waals surface area (Å²) < 4.78 is 5.38. The van der Waals surface area contributed by atoms with E-state index >= 15 is 0 Å². The molecule has 2 N–H and O–H groups in total. The lowest BCUT2D eigenvalue weighted by atomic mass is 9.82. The molecule has 74 valence electrons. The zero-order valence-corrected chi connectivity index (χ0v) is 8.20. The molecule has 0 aliphatic heterocycles. The van der Waals surface area contributed by atoms with Gasteiger partial charge in [0.05, 0.1) is 18.2 Å². The second kappa shape index (κ2) is 5.21. The van der Waals surface area contributed by atoms with Gasteiger partial charge in [-0.2, -0.15) is 5.26 Å². The fraction of sp³-hybridized carbons (Fsp3) is 0.900. The Bertz CT molecular complexity index is 188. The van der Waals surface area contributed by atoms with E-state index in [0.29, 0.717) is 12.0 Å². The van der Waals surface area contributed by atoms with Crippen molar-refractivity contribution in [3.63, 3.8) is 0 Å². The zero-order chi connectivity index (χ0) is 9.68. The highest BCUT2D eigenvalue weighted by molar-refractivity contribution is 4.90. The highest BCUT2D eigenvalue weighted by Gasteiger charge is 2.26. The SMILES string of the molecule is COC1CCCCC1CC(N)C#N. The van der Waals surface area contributed by atoms with Gasteiger partial charge in [0, 0.05) is 7.11 Å². The van der Waals surface area contributed by atoms with E-state index in [-0.39, 0.29) is 6.04 Å². The Morgan fingerprint density at radius 1 is 1.54 bits per heavy atom. The molecule has 1 fully saturated rings. The molecule has 13 heavy (non-hydrogen) atoms. The van der Waals surface area contributed by atoms with Gasteiger partial charge >= 0.3 is 0 Å². The Morgan fingerprint density at radius 3 is 2.85 bits per heavy atom. The summed E-state index contributed by atoms with van der Waals surface area (Å²) in [5.74, 6) is 0.494. The summed E-state index contributed by atoms with van der Waals surface area (Å²) in [4.78, 5) is 0. The van der Waals surface area contributed by atoms with Crippen LogP contribution < -0.4 is 5.73 Å². The normalized spacial score (nSPS) is 30.8. The molecule has 3 unspecified atom stereocenters. The molecule has 0 spiro atoms. The fourth-order valence-corrected chi connectivity index (χ4v) is 2.13. The molecule has 0 aromatic heterocycles. The molecule has 0 aromatic rings. The number of hydrogen-bond acceptors (Lipinski definition) is 3. The molecule has 0 amide bonds. The number of nitrogens with two attached hydrogens (primary N) is 1. The zero-order valence-electron chi connectivity index (χ0n) is 8.20. The summed E-state index contributed by atoms with van der Waals surface area (Å²) >= 11 is 0. The minimum Gasteiger partial charge on any atom is -0.381 e. The first kappa shape index (κ1) is 10.5. The van der Waals surface area contributed by atoms with Crippen LogP contribution in [0.2, 0.25) is 0 Å². The van der Waals surface area contributed by atoms with E-state index in [1.807, 2.05) is 0 Å². The van der Waals surface area contributed by atoms with Crippen molar-refractivity contribution in [2.75, 3.05) is 7.11 Å². The van der Waals surface area contributed by atoms with Crippen LogP contribution in [0.4, 0.5) is 0 Å². The lowest BCUT2D eigenvalue weighted by molar-refractivity contribution is 0.0195. The van der Waals surface area contributed by atoms with E-state index in [1.54, 1.807) is 7.11 Å². The average Bonchev–Trinajstić information content (AvgIpc) is 2.18. The highest BCUT2D eigenvalue weighted by atomic mass is 16.5. The maximum atomic E-state index is 8.61. The van der Waals surface area contributed by atoms with E-state index < -0.39 is 0 Å². The first-order valence-corrected chi connectivity index (χ1v) is 4.96. The Balaban J connectivity index is 2.41. The molecule has 1 aliphatic carbocycles. The molecule has 0 heterocycles. The molecular weight excluding hydrogens is 164 g/mol. The van der Waals surface area contributed by atoms with Crippen LogP contribution in [0.5, 0.6) is 0 Å². The Kier molecular flexibility index (Phi) is 4.20. The van der Waals surface area contributed by atoms with Crippen LogP contribution in [-0.2, 0) is 4.74 Å². The second-order valence-corrected chi connectivity index (χ2v) is 3.79. The topological polar surface area (TPSA) is 59.0 Å². The molecule has 1 rings (SSSR count). The van der Waals surface area contributed by atoms with Crippen molar-refractivity contribution in [3.8, 4) is 6.07 Å². The van der Waals surface area contributed by atoms with E-state index in [1.165, 1.54) is 12.8 Å². The van der Waals surface area contributed by atoms with Gasteiger partial charge in [-0.05, 0) is 25.2 Å². The summed E-state index contributed by atoms with van der Waals surface area (Å²) in [6.45, 7) is 0. The maximum Gasteiger partial charge on any atom is 0.0931 e. The van der Waals surface area contributed by atoms with Crippen molar-refractivity contribution in [1.29, 1.82) is 5.26 Å². The summed E-state index contributed by atoms with van der Waals surface area (Å²) in [6, 6.07) is 1.76. The van der Waals surface area contributed by atoms with Gasteiger partial charge < -0.3 is 10.5 Å². The predicted octanol–water partition coefficient (Wildman–Crippen LogP) is 1.43. The summed E-state index contributed by atoms with van der Waals surface area (Å²) in [5, 5.41) is 8.61. The Hall–Kier alpha value is -0.590. The second-order valence-electron chi connectivity index (χ2n) is 3.79. The lowest BCUT2D eigenvalue weighted by Crippen LogP contribution is -2.32. The molecule has 3 heteroatoms. The van der Waals surface area contributed by atoms with Crippen LogP contribution in [0, 0.1) is 17.2 Å². The minimum atomic E-state index is -0.319. The van der Waals surface area contributed by atoms with Crippen LogP contribution in [0.25, 0.3) is 0 Å². The molecule has 3 nitrogen and oxygen atoms in total. The Morgan fingerprint density at radius 2 is 2.23 bits per heavy atom. The van der Waals surface area contributed by atoms with E-state index in [4.69, 9.17) is 15.7 Å². The molecule has 0 aromatic carbocycles. The van der Waals surface area contributed by atoms with Gasteiger partial charge in [-0.1, -0.05) is 12.8 Å². The maximum absolute atomic E-state index is 8.61. The first-order valence-electron chi connectivity index (χ1n) is 4.96. The van der Waals surface area contributed by atoms with Gasteiger partial charge in [0.2, 0.25) is 0 Å². The van der Waals surface area contributed by atoms with Crippen LogP contribution in [0.1, 0.15) is 32.1 Å². The van der Waals surface area contributed by atoms with Crippen molar-refractivity contribution in [1.82, 2.24) is 0 Å². The number of nitrogens with zero attached hydrogens (tertiary/aromatic N) is 1. The molecule has 3 atom stereocenters. The number of methoxy groups -OCH3 is 1. The number of hydrogen-bond donors (Lipinski definition) is 1. The van der Waals surface area contributed by atoms with Crippen LogP contribution in [0.3, 0.4) is 0 Å². The fourth-order valence-electron chi connectivity index (χ4n) is 2.13. The van der Waals surface area contributed by atoms with Gasteiger partial charge in [0.1, 0.15) is 0 Å². The van der Waals surface area contributed by atoms with Crippen molar-refractivity contribution >= 4 is 0 Å². The van der Waals surface area contributed by atoms with Crippen molar-refractivity contribution in [3.05, 3.63) is 0 Å². The lowest BCUT2D eigenvalue weighted by Gasteiger charge is -2.30. The van der Waals surface area contributed by atoms with Gasteiger partial charge in [0.15, 0.2) is 0 Å². The number of rotatable bonds is 3. The number of ether oxygens (including phenoxy) is 1. The third-order valence-corrected chi connectivity index (χ3v) is 2.86. The van der Waals surface area contributed by atoms with Crippen molar-refractivity contribution < 1.29 is 4.74 Å². The minimum absolute atomic E-state index is 0.319. The largest absolute Gasteiger partial charge is 0.381 e. The van der Waals surface area contributed by atoms with Gasteiger partial charge in [0.25, 0.3) is 0 Å². The van der Waals surface area contributed by atoms with Crippen molar-refractivity contribution in [2.45, 2.75) is 44.2 Å². The highest BCUT2D eigenvalue weighted by Crippen LogP contribution is 2.29. The van der Waals surface area contributed by atoms with Gasteiger partial charge in [-0.15, -0.1) is 0 Å². The third-order valence-electron chi connectivity index (χ3n) is 2.86. The van der Waals surface area contributed by atoms with E-state index in [2.05, 4.69) is 6.07 Å². The molecule has 1 aliphatic rings. The smallest absolute Gasteiger partial charge is 0.0931 e.